The molecule has 0 saturated heterocycles. The molecule has 7 heteroatoms. The number of aromatic nitrogens is 2. The number of nitrogens with one attached hydrogen (secondary N) is 1. The maximum absolute atomic E-state index is 12.9. The number of rotatable bonds is 5. The van der Waals surface area contributed by atoms with Gasteiger partial charge in [-0.1, -0.05) is 24.3 Å². The Labute approximate surface area is 180 Å². The minimum Gasteiger partial charge on any atom is -0.349 e. The van der Waals surface area contributed by atoms with Gasteiger partial charge in [-0.2, -0.15) is 5.10 Å². The maximum atomic E-state index is 12.9. The lowest BCUT2D eigenvalue weighted by molar-refractivity contribution is -0.122. The molecule has 0 saturated carbocycles. The van der Waals surface area contributed by atoms with Crippen LogP contribution >= 0.6 is 0 Å². The molecule has 1 aliphatic heterocycles. The third-order valence-corrected chi connectivity index (χ3v) is 6.35. The zero-order valence-electron chi connectivity index (χ0n) is 17.4. The van der Waals surface area contributed by atoms with Gasteiger partial charge in [-0.05, 0) is 43.2 Å². The average Bonchev–Trinajstić information content (AvgIpc) is 3.16. The number of hydrogen-bond donors (Lipinski definition) is 1. The van der Waals surface area contributed by atoms with Crippen molar-refractivity contribution in [3.8, 4) is 0 Å². The summed E-state index contributed by atoms with van der Waals surface area (Å²) in [6.07, 6.45) is 5.41. The normalized spacial score (nSPS) is 17.7. The van der Waals surface area contributed by atoms with Gasteiger partial charge in [0.15, 0.2) is 0 Å². The minimum atomic E-state index is -0.290. The van der Waals surface area contributed by atoms with Gasteiger partial charge in [0.2, 0.25) is 5.91 Å². The largest absolute Gasteiger partial charge is 0.349 e. The van der Waals surface area contributed by atoms with Crippen molar-refractivity contribution in [1.82, 2.24) is 20.0 Å². The van der Waals surface area contributed by atoms with E-state index in [2.05, 4.69) is 10.4 Å². The number of fused-ring (bicyclic) bond motifs is 1. The lowest BCUT2D eigenvalue weighted by Gasteiger charge is -2.27. The number of carbonyl (C=O) groups is 3. The summed E-state index contributed by atoms with van der Waals surface area (Å²) >= 11 is 0. The highest BCUT2D eigenvalue weighted by molar-refractivity contribution is 6.25. The Morgan fingerprint density at radius 1 is 1.13 bits per heavy atom. The Kier molecular flexibility index (Phi) is 4.81. The molecule has 0 bridgehead atoms. The Hall–Kier alpha value is -3.48. The molecule has 0 radical (unpaired) electrons. The smallest absolute Gasteiger partial charge is 0.261 e. The second-order valence-electron chi connectivity index (χ2n) is 8.26. The van der Waals surface area contributed by atoms with E-state index in [0.29, 0.717) is 17.5 Å². The predicted octanol–water partition coefficient (Wildman–Crippen LogP) is 3.14. The van der Waals surface area contributed by atoms with E-state index < -0.39 is 0 Å². The van der Waals surface area contributed by atoms with Crippen LogP contribution < -0.4 is 5.32 Å². The van der Waals surface area contributed by atoms with Crippen LogP contribution in [0.3, 0.4) is 0 Å². The van der Waals surface area contributed by atoms with Gasteiger partial charge in [0.05, 0.1) is 12.2 Å². The summed E-state index contributed by atoms with van der Waals surface area (Å²) in [5.41, 5.74) is 3.36. The summed E-state index contributed by atoms with van der Waals surface area (Å²) < 4.78 is 1.87. The van der Waals surface area contributed by atoms with Crippen molar-refractivity contribution < 1.29 is 14.4 Å². The standard InChI is InChI=1S/C24H24N4O3/c1-27-20-11-4-10-19(18(20)14-25-27)26-21(29)12-5-13-28-23(30)16-8-2-6-15-7-3-9-17(22(15)16)24(28)31/h2-3,6-9,14,19H,4-5,10-13H2,1H3,(H,26,29). The van der Waals surface area contributed by atoms with Gasteiger partial charge >= 0.3 is 0 Å². The van der Waals surface area contributed by atoms with Crippen LogP contribution in [-0.4, -0.2) is 38.9 Å². The minimum absolute atomic E-state index is 0.0207. The molecule has 0 fully saturated rings. The number of carbonyl (C=O) groups excluding carboxylic acids is 3. The van der Waals surface area contributed by atoms with E-state index >= 15 is 0 Å². The van der Waals surface area contributed by atoms with Crippen LogP contribution in [0, 0.1) is 0 Å². The van der Waals surface area contributed by atoms with Gasteiger partial charge in [-0.25, -0.2) is 0 Å². The highest BCUT2D eigenvalue weighted by Crippen LogP contribution is 2.31. The molecule has 0 spiro atoms. The maximum Gasteiger partial charge on any atom is 0.261 e. The Bertz CT molecular complexity index is 1160. The molecule has 1 N–H and O–H groups in total. The third kappa shape index (κ3) is 3.30. The fourth-order valence-electron chi connectivity index (χ4n) is 4.80. The number of benzene rings is 2. The lowest BCUT2D eigenvalue weighted by Crippen LogP contribution is -2.41. The molecule has 2 aromatic carbocycles. The summed E-state index contributed by atoms with van der Waals surface area (Å²) in [6.45, 7) is 0.221. The molecule has 158 valence electrons. The highest BCUT2D eigenvalue weighted by Gasteiger charge is 2.32. The van der Waals surface area contributed by atoms with Crippen molar-refractivity contribution in [2.24, 2.45) is 7.05 Å². The van der Waals surface area contributed by atoms with Gasteiger partial charge in [-0.3, -0.25) is 24.0 Å². The molecule has 3 amide bonds. The van der Waals surface area contributed by atoms with E-state index in [-0.39, 0.29) is 36.7 Å². The number of imide groups is 1. The SMILES string of the molecule is Cn1ncc2c1CCCC2NC(=O)CCCN1C(=O)c2cccc3cccc(c23)C1=O. The molecule has 1 aromatic heterocycles. The summed E-state index contributed by atoms with van der Waals surface area (Å²) in [7, 11) is 1.92. The molecule has 5 rings (SSSR count). The second-order valence-corrected chi connectivity index (χ2v) is 8.26. The van der Waals surface area contributed by atoms with Gasteiger partial charge < -0.3 is 5.32 Å². The molecule has 7 nitrogen and oxygen atoms in total. The number of aryl methyl sites for hydroxylation is 1. The third-order valence-electron chi connectivity index (χ3n) is 6.35. The summed E-state index contributed by atoms with van der Waals surface area (Å²) in [5.74, 6) is -0.648. The molecule has 1 atom stereocenters. The first kappa shape index (κ1) is 19.5. The Morgan fingerprint density at radius 2 is 1.84 bits per heavy atom. The van der Waals surface area contributed by atoms with Crippen LogP contribution in [0.15, 0.2) is 42.6 Å². The fourth-order valence-corrected chi connectivity index (χ4v) is 4.80. The molecule has 31 heavy (non-hydrogen) atoms. The van der Waals surface area contributed by atoms with Gasteiger partial charge in [-0.15, -0.1) is 0 Å². The van der Waals surface area contributed by atoms with E-state index in [1.807, 2.05) is 42.2 Å². The van der Waals surface area contributed by atoms with E-state index in [1.54, 1.807) is 12.1 Å². The number of amides is 3. The molecular weight excluding hydrogens is 392 g/mol. The molecule has 2 heterocycles. The zero-order valence-corrected chi connectivity index (χ0v) is 17.4. The van der Waals surface area contributed by atoms with Crippen molar-refractivity contribution in [1.29, 1.82) is 0 Å². The van der Waals surface area contributed by atoms with E-state index in [1.165, 1.54) is 10.6 Å². The zero-order chi connectivity index (χ0) is 21.5. The van der Waals surface area contributed by atoms with Crippen LogP contribution in [0.4, 0.5) is 0 Å². The van der Waals surface area contributed by atoms with Gasteiger partial charge in [0.1, 0.15) is 0 Å². The molecule has 1 unspecified atom stereocenters. The fraction of sp³-hybridized carbons (Fsp3) is 0.333. The predicted molar refractivity (Wildman–Crippen MR) is 116 cm³/mol. The van der Waals surface area contributed by atoms with Gasteiger partial charge in [0.25, 0.3) is 11.8 Å². The second kappa shape index (κ2) is 7.65. The van der Waals surface area contributed by atoms with Crippen LogP contribution in [0.25, 0.3) is 10.8 Å². The van der Waals surface area contributed by atoms with E-state index in [0.717, 1.165) is 35.6 Å². The van der Waals surface area contributed by atoms with Crippen LogP contribution in [0.1, 0.15) is 63.7 Å². The first-order chi connectivity index (χ1) is 15.0. The number of hydrogen-bond acceptors (Lipinski definition) is 4. The first-order valence-corrected chi connectivity index (χ1v) is 10.7. The molecular formula is C24H24N4O3. The Balaban J connectivity index is 1.24. The molecule has 1 aliphatic carbocycles. The van der Waals surface area contributed by atoms with Crippen LogP contribution in [-0.2, 0) is 18.3 Å². The van der Waals surface area contributed by atoms with Crippen molar-refractivity contribution in [3.05, 3.63) is 65.0 Å². The lowest BCUT2D eigenvalue weighted by atomic mass is 9.93. The molecule has 3 aromatic rings. The monoisotopic (exact) mass is 416 g/mol. The topological polar surface area (TPSA) is 84.3 Å². The van der Waals surface area contributed by atoms with E-state index in [4.69, 9.17) is 0 Å². The van der Waals surface area contributed by atoms with E-state index in [9.17, 15) is 14.4 Å². The van der Waals surface area contributed by atoms with Crippen molar-refractivity contribution in [2.45, 2.75) is 38.1 Å². The number of nitrogens with zero attached hydrogens (tertiary/aromatic N) is 3. The summed E-state index contributed by atoms with van der Waals surface area (Å²) in [4.78, 5) is 39.7. The summed E-state index contributed by atoms with van der Waals surface area (Å²) in [6, 6.07) is 11.0. The summed E-state index contributed by atoms with van der Waals surface area (Å²) in [5, 5.41) is 9.02. The van der Waals surface area contributed by atoms with Crippen molar-refractivity contribution >= 4 is 28.5 Å². The van der Waals surface area contributed by atoms with Gasteiger partial charge in [0, 0.05) is 47.8 Å². The van der Waals surface area contributed by atoms with Crippen molar-refractivity contribution in [3.63, 3.8) is 0 Å². The van der Waals surface area contributed by atoms with Crippen LogP contribution in [0.5, 0.6) is 0 Å². The van der Waals surface area contributed by atoms with Crippen molar-refractivity contribution in [2.75, 3.05) is 6.54 Å². The quantitative estimate of drug-likeness (QED) is 0.648. The molecule has 2 aliphatic rings. The average molecular weight is 416 g/mol. The van der Waals surface area contributed by atoms with Crippen LogP contribution in [0.2, 0.25) is 0 Å². The highest BCUT2D eigenvalue weighted by atomic mass is 16.2. The Morgan fingerprint density at radius 3 is 2.55 bits per heavy atom. The first-order valence-electron chi connectivity index (χ1n) is 10.7.